The molecule has 0 saturated heterocycles. The summed E-state index contributed by atoms with van der Waals surface area (Å²) in [5, 5.41) is 0. The molecule has 0 radical (unpaired) electrons. The summed E-state index contributed by atoms with van der Waals surface area (Å²) in [5.41, 5.74) is 6.46. The van der Waals surface area contributed by atoms with Crippen molar-refractivity contribution < 1.29 is 4.39 Å². The molecule has 1 aliphatic carbocycles. The summed E-state index contributed by atoms with van der Waals surface area (Å²) in [5.74, 6) is -0.293. The number of hydrogen-bond donors (Lipinski definition) is 0. The Morgan fingerprint density at radius 2 is 1.69 bits per heavy atom. The van der Waals surface area contributed by atoms with Crippen LogP contribution in [0.4, 0.5) is 4.39 Å². The normalized spacial score (nSPS) is 17.4. The van der Waals surface area contributed by atoms with Crippen molar-refractivity contribution in [1.82, 2.24) is 4.57 Å². The van der Waals surface area contributed by atoms with E-state index in [1.165, 1.54) is 34.6 Å². The van der Waals surface area contributed by atoms with Crippen molar-refractivity contribution in [2.24, 2.45) is 4.99 Å². The number of nitrogens with zero attached hydrogens (tertiary/aromatic N) is 2. The third kappa shape index (κ3) is 3.09. The lowest BCUT2D eigenvalue weighted by atomic mass is 9.83. The van der Waals surface area contributed by atoms with Crippen LogP contribution in [0.3, 0.4) is 0 Å². The van der Waals surface area contributed by atoms with E-state index in [2.05, 4.69) is 30.3 Å². The first-order valence-electron chi connectivity index (χ1n) is 10.6. The third-order valence-corrected chi connectivity index (χ3v) is 7.14. The summed E-state index contributed by atoms with van der Waals surface area (Å²) >= 11 is 1.39. The van der Waals surface area contributed by atoms with Crippen LogP contribution in [0.1, 0.15) is 34.7 Å². The van der Waals surface area contributed by atoms with E-state index < -0.39 is 0 Å². The van der Waals surface area contributed by atoms with E-state index >= 15 is 0 Å². The van der Waals surface area contributed by atoms with Crippen molar-refractivity contribution in [3.05, 3.63) is 132 Å². The van der Waals surface area contributed by atoms with E-state index in [-0.39, 0.29) is 17.4 Å². The van der Waals surface area contributed by atoms with Gasteiger partial charge in [0.25, 0.3) is 5.56 Å². The Morgan fingerprint density at radius 3 is 2.50 bits per heavy atom. The lowest BCUT2D eigenvalue weighted by Gasteiger charge is -2.30. The van der Waals surface area contributed by atoms with E-state index in [0.29, 0.717) is 9.33 Å². The van der Waals surface area contributed by atoms with Gasteiger partial charge in [-0.3, -0.25) is 9.36 Å². The highest BCUT2D eigenvalue weighted by molar-refractivity contribution is 7.07. The molecule has 32 heavy (non-hydrogen) atoms. The fraction of sp³-hybridized carbons (Fsp3) is 0.111. The fourth-order valence-corrected chi connectivity index (χ4v) is 5.67. The van der Waals surface area contributed by atoms with Crippen LogP contribution < -0.4 is 14.9 Å². The van der Waals surface area contributed by atoms with Gasteiger partial charge in [0.2, 0.25) is 0 Å². The van der Waals surface area contributed by atoms with Gasteiger partial charge < -0.3 is 0 Å². The average Bonchev–Trinajstić information content (AvgIpc) is 3.14. The van der Waals surface area contributed by atoms with Gasteiger partial charge in [-0.25, -0.2) is 9.38 Å². The topological polar surface area (TPSA) is 34.4 Å². The number of benzene rings is 3. The zero-order valence-electron chi connectivity index (χ0n) is 17.2. The van der Waals surface area contributed by atoms with Gasteiger partial charge in [0.1, 0.15) is 5.82 Å². The smallest absolute Gasteiger partial charge is 0.271 e. The van der Waals surface area contributed by atoms with Crippen LogP contribution in [0.25, 0.3) is 11.8 Å². The molecule has 3 aromatic carbocycles. The van der Waals surface area contributed by atoms with Crippen molar-refractivity contribution in [2.45, 2.75) is 18.9 Å². The number of allylic oxidation sites excluding steroid dienone is 1. The summed E-state index contributed by atoms with van der Waals surface area (Å²) in [6.45, 7) is 0. The second-order valence-electron chi connectivity index (χ2n) is 8.08. The minimum Gasteiger partial charge on any atom is -0.272 e. The van der Waals surface area contributed by atoms with Crippen LogP contribution in [0.15, 0.2) is 94.2 Å². The Morgan fingerprint density at radius 1 is 0.938 bits per heavy atom. The van der Waals surface area contributed by atoms with Gasteiger partial charge >= 0.3 is 0 Å². The Bertz CT molecular complexity index is 1550. The van der Waals surface area contributed by atoms with Crippen molar-refractivity contribution in [1.29, 1.82) is 0 Å². The molecule has 2 heterocycles. The number of aryl methyl sites for hydroxylation is 1. The molecule has 0 N–H and O–H groups in total. The van der Waals surface area contributed by atoms with Gasteiger partial charge in [-0.1, -0.05) is 78.1 Å². The number of fused-ring (bicyclic) bond motifs is 3. The van der Waals surface area contributed by atoms with Crippen molar-refractivity contribution in [3.63, 3.8) is 0 Å². The molecule has 156 valence electrons. The number of aromatic nitrogens is 1. The minimum absolute atomic E-state index is 0.0580. The maximum Gasteiger partial charge on any atom is 0.271 e. The lowest BCUT2D eigenvalue weighted by molar-refractivity contribution is 0.585. The minimum atomic E-state index is -0.293. The first kappa shape index (κ1) is 19.1. The highest BCUT2D eigenvalue weighted by atomic mass is 32.1. The lowest BCUT2D eigenvalue weighted by Crippen LogP contribution is -2.38. The largest absolute Gasteiger partial charge is 0.272 e. The summed E-state index contributed by atoms with van der Waals surface area (Å²) in [6, 6.07) is 24.6. The maximum atomic E-state index is 13.6. The number of rotatable bonds is 2. The molecule has 0 unspecified atom stereocenters. The molecule has 6 rings (SSSR count). The standard InChI is InChI=1S/C27H19FN2OS/c28-20-13-10-17(11-14-20)16-23-26(31)30-25(19-7-2-1-3-8-19)22-15-12-18-6-4-5-9-21(18)24(22)29-27(30)32-23/h1-11,13-14,16,25H,12,15H2/b23-16-/t25-/m0/s1. The molecule has 2 aliphatic rings. The summed E-state index contributed by atoms with van der Waals surface area (Å²) in [4.78, 5) is 19.3. The van der Waals surface area contributed by atoms with Crippen molar-refractivity contribution in [3.8, 4) is 0 Å². The molecule has 3 nitrogen and oxygen atoms in total. The zero-order chi connectivity index (χ0) is 21.7. The van der Waals surface area contributed by atoms with Gasteiger partial charge in [-0.05, 0) is 53.3 Å². The van der Waals surface area contributed by atoms with Gasteiger partial charge in [-0.2, -0.15) is 0 Å². The second-order valence-corrected chi connectivity index (χ2v) is 9.09. The first-order chi connectivity index (χ1) is 15.7. The molecule has 0 spiro atoms. The fourth-order valence-electron chi connectivity index (χ4n) is 4.67. The van der Waals surface area contributed by atoms with E-state index in [4.69, 9.17) is 4.99 Å². The number of hydrogen-bond acceptors (Lipinski definition) is 3. The van der Waals surface area contributed by atoms with Crippen LogP contribution >= 0.6 is 11.3 Å². The summed E-state index contributed by atoms with van der Waals surface area (Å²) < 4.78 is 15.8. The van der Waals surface area contributed by atoms with Crippen LogP contribution in [0, 0.1) is 5.82 Å². The average molecular weight is 439 g/mol. The van der Waals surface area contributed by atoms with E-state index in [0.717, 1.165) is 35.2 Å². The van der Waals surface area contributed by atoms with E-state index in [1.807, 2.05) is 34.9 Å². The molecule has 0 saturated carbocycles. The molecule has 1 aliphatic heterocycles. The molecule has 4 aromatic rings. The molecule has 0 amide bonds. The van der Waals surface area contributed by atoms with Crippen molar-refractivity contribution in [2.75, 3.05) is 0 Å². The van der Waals surface area contributed by atoms with Crippen LogP contribution in [-0.2, 0) is 6.42 Å². The van der Waals surface area contributed by atoms with Crippen LogP contribution in [-0.4, -0.2) is 4.57 Å². The summed E-state index contributed by atoms with van der Waals surface area (Å²) in [6.07, 6.45) is 3.63. The van der Waals surface area contributed by atoms with Gasteiger partial charge in [-0.15, -0.1) is 0 Å². The quantitative estimate of drug-likeness (QED) is 0.455. The highest BCUT2D eigenvalue weighted by Gasteiger charge is 2.32. The Balaban J connectivity index is 1.62. The monoisotopic (exact) mass is 438 g/mol. The molecule has 1 aromatic heterocycles. The molecular weight excluding hydrogens is 419 g/mol. The molecular formula is C27H19FN2OS. The Hall–Kier alpha value is -3.57. The highest BCUT2D eigenvalue weighted by Crippen LogP contribution is 2.41. The van der Waals surface area contributed by atoms with Crippen molar-refractivity contribution >= 4 is 23.1 Å². The van der Waals surface area contributed by atoms with Gasteiger partial charge in [0.15, 0.2) is 4.80 Å². The van der Waals surface area contributed by atoms with E-state index in [9.17, 15) is 9.18 Å². The predicted molar refractivity (Wildman–Crippen MR) is 126 cm³/mol. The van der Waals surface area contributed by atoms with Crippen LogP contribution in [0.2, 0.25) is 0 Å². The molecule has 1 atom stereocenters. The first-order valence-corrected chi connectivity index (χ1v) is 11.4. The summed E-state index contributed by atoms with van der Waals surface area (Å²) in [7, 11) is 0. The van der Waals surface area contributed by atoms with Crippen LogP contribution in [0.5, 0.6) is 0 Å². The van der Waals surface area contributed by atoms with Gasteiger partial charge in [0, 0.05) is 5.56 Å². The number of halogens is 1. The molecule has 5 heteroatoms. The SMILES string of the molecule is O=c1/c(=C/c2ccc(F)cc2)sc2n1[C@@H](c1ccccc1)C1=C(N=2)c2ccccc2CC1. The Labute approximate surface area is 188 Å². The molecule has 0 bridgehead atoms. The number of thiazole rings is 1. The van der Waals surface area contributed by atoms with Gasteiger partial charge in [0.05, 0.1) is 16.3 Å². The van der Waals surface area contributed by atoms with E-state index in [1.54, 1.807) is 12.1 Å². The Kier molecular flexibility index (Phi) is 4.51. The maximum absolute atomic E-state index is 13.6. The zero-order valence-corrected chi connectivity index (χ0v) is 18.0. The third-order valence-electron chi connectivity index (χ3n) is 6.16. The molecule has 0 fully saturated rings. The second kappa shape index (κ2) is 7.53. The predicted octanol–water partition coefficient (Wildman–Crippen LogP) is 4.46.